The predicted octanol–water partition coefficient (Wildman–Crippen LogP) is 2.94. The van der Waals surface area contributed by atoms with E-state index >= 15 is 0 Å². The Morgan fingerprint density at radius 2 is 2.43 bits per heavy atom. The Bertz CT molecular complexity index is 361. The standard InChI is InChI=1S/C10H12BrNOS/c1-7-5-9(11)14-8(7)6-12-4-2-3-10(12)13/h5H,2-4,6H2,1H3. The zero-order chi connectivity index (χ0) is 10.1. The summed E-state index contributed by atoms with van der Waals surface area (Å²) in [6.07, 6.45) is 1.75. The highest BCUT2D eigenvalue weighted by molar-refractivity contribution is 9.11. The van der Waals surface area contributed by atoms with Gasteiger partial charge in [-0.05, 0) is 40.9 Å². The Hall–Kier alpha value is -0.350. The molecular formula is C10H12BrNOS. The van der Waals surface area contributed by atoms with Crippen LogP contribution in [-0.4, -0.2) is 17.4 Å². The number of hydrogen-bond donors (Lipinski definition) is 0. The minimum Gasteiger partial charge on any atom is -0.338 e. The van der Waals surface area contributed by atoms with Crippen LogP contribution in [0.2, 0.25) is 0 Å². The third kappa shape index (κ3) is 2.01. The largest absolute Gasteiger partial charge is 0.338 e. The minimum absolute atomic E-state index is 0.300. The lowest BCUT2D eigenvalue weighted by Crippen LogP contribution is -2.23. The summed E-state index contributed by atoms with van der Waals surface area (Å²) >= 11 is 5.19. The Morgan fingerprint density at radius 1 is 1.64 bits per heavy atom. The number of carbonyl (C=O) groups is 1. The van der Waals surface area contributed by atoms with E-state index < -0.39 is 0 Å². The van der Waals surface area contributed by atoms with Crippen molar-refractivity contribution in [2.24, 2.45) is 0 Å². The highest BCUT2D eigenvalue weighted by Crippen LogP contribution is 2.28. The number of amides is 1. The molecule has 1 aromatic heterocycles. The molecule has 1 saturated heterocycles. The van der Waals surface area contributed by atoms with Crippen molar-refractivity contribution in [1.82, 2.24) is 4.90 Å². The molecule has 1 amide bonds. The number of nitrogens with zero attached hydrogens (tertiary/aromatic N) is 1. The summed E-state index contributed by atoms with van der Waals surface area (Å²) < 4.78 is 1.15. The van der Waals surface area contributed by atoms with Crippen LogP contribution in [0.25, 0.3) is 0 Å². The van der Waals surface area contributed by atoms with Gasteiger partial charge in [0.05, 0.1) is 10.3 Å². The van der Waals surface area contributed by atoms with E-state index in [2.05, 4.69) is 28.9 Å². The van der Waals surface area contributed by atoms with Crippen LogP contribution >= 0.6 is 27.3 Å². The number of carbonyl (C=O) groups excluding carboxylic acids is 1. The maximum atomic E-state index is 11.4. The van der Waals surface area contributed by atoms with Crippen LogP contribution in [0.1, 0.15) is 23.3 Å². The molecule has 1 fully saturated rings. The van der Waals surface area contributed by atoms with Gasteiger partial charge in [-0.25, -0.2) is 0 Å². The summed E-state index contributed by atoms with van der Waals surface area (Å²) in [6.45, 7) is 3.81. The quantitative estimate of drug-likeness (QED) is 0.812. The van der Waals surface area contributed by atoms with Crippen molar-refractivity contribution in [2.75, 3.05) is 6.54 Å². The first-order chi connectivity index (χ1) is 6.66. The van der Waals surface area contributed by atoms with E-state index in [-0.39, 0.29) is 0 Å². The fraction of sp³-hybridized carbons (Fsp3) is 0.500. The molecule has 4 heteroatoms. The normalized spacial score (nSPS) is 16.7. The molecule has 0 unspecified atom stereocenters. The molecule has 2 rings (SSSR count). The molecule has 1 aliphatic heterocycles. The molecule has 2 heterocycles. The predicted molar refractivity (Wildman–Crippen MR) is 61.4 cm³/mol. The van der Waals surface area contributed by atoms with E-state index in [9.17, 15) is 4.79 Å². The molecule has 0 bridgehead atoms. The molecule has 14 heavy (non-hydrogen) atoms. The lowest BCUT2D eigenvalue weighted by Gasteiger charge is -2.14. The van der Waals surface area contributed by atoms with Gasteiger partial charge in [0.1, 0.15) is 0 Å². The third-order valence-corrected chi connectivity index (χ3v) is 4.22. The molecular weight excluding hydrogens is 262 g/mol. The van der Waals surface area contributed by atoms with E-state index in [1.165, 1.54) is 10.4 Å². The summed E-state index contributed by atoms with van der Waals surface area (Å²) in [5, 5.41) is 0. The average Bonchev–Trinajstić information content (AvgIpc) is 2.62. The second-order valence-electron chi connectivity index (χ2n) is 3.58. The second-order valence-corrected chi connectivity index (χ2v) is 6.09. The molecule has 76 valence electrons. The van der Waals surface area contributed by atoms with Crippen LogP contribution in [0.15, 0.2) is 9.85 Å². The Labute approximate surface area is 96.0 Å². The van der Waals surface area contributed by atoms with Crippen molar-refractivity contribution in [3.63, 3.8) is 0 Å². The molecule has 1 aliphatic rings. The van der Waals surface area contributed by atoms with E-state index in [1.807, 2.05) is 4.90 Å². The first kappa shape index (κ1) is 10.2. The van der Waals surface area contributed by atoms with Crippen molar-refractivity contribution in [3.05, 3.63) is 20.3 Å². The van der Waals surface area contributed by atoms with Crippen LogP contribution in [0, 0.1) is 6.92 Å². The van der Waals surface area contributed by atoms with Crippen molar-refractivity contribution in [2.45, 2.75) is 26.3 Å². The first-order valence-corrected chi connectivity index (χ1v) is 6.30. The van der Waals surface area contributed by atoms with Gasteiger partial charge in [0.25, 0.3) is 0 Å². The zero-order valence-electron chi connectivity index (χ0n) is 8.05. The summed E-state index contributed by atoms with van der Waals surface area (Å²) in [4.78, 5) is 14.7. The molecule has 0 aromatic carbocycles. The smallest absolute Gasteiger partial charge is 0.222 e. The fourth-order valence-electron chi connectivity index (χ4n) is 1.68. The summed E-state index contributed by atoms with van der Waals surface area (Å²) in [7, 11) is 0. The van der Waals surface area contributed by atoms with Gasteiger partial charge in [-0.3, -0.25) is 4.79 Å². The van der Waals surface area contributed by atoms with Gasteiger partial charge in [-0.2, -0.15) is 0 Å². The molecule has 0 atom stereocenters. The van der Waals surface area contributed by atoms with E-state index in [0.29, 0.717) is 5.91 Å². The highest BCUT2D eigenvalue weighted by Gasteiger charge is 2.21. The van der Waals surface area contributed by atoms with Gasteiger partial charge in [-0.15, -0.1) is 11.3 Å². The lowest BCUT2D eigenvalue weighted by atomic mass is 10.3. The third-order valence-electron chi connectivity index (χ3n) is 2.50. The van der Waals surface area contributed by atoms with E-state index in [0.717, 1.165) is 29.7 Å². The summed E-state index contributed by atoms with van der Waals surface area (Å²) in [5.41, 5.74) is 1.28. The first-order valence-electron chi connectivity index (χ1n) is 4.69. The Balaban J connectivity index is 2.10. The molecule has 0 spiro atoms. The van der Waals surface area contributed by atoms with Crippen LogP contribution in [0.3, 0.4) is 0 Å². The van der Waals surface area contributed by atoms with E-state index in [4.69, 9.17) is 0 Å². The monoisotopic (exact) mass is 273 g/mol. The SMILES string of the molecule is Cc1cc(Br)sc1CN1CCCC1=O. The van der Waals surface area contributed by atoms with Gasteiger partial charge in [-0.1, -0.05) is 0 Å². The van der Waals surface area contributed by atoms with Gasteiger partial charge in [0.15, 0.2) is 0 Å². The minimum atomic E-state index is 0.300. The Morgan fingerprint density at radius 3 is 2.93 bits per heavy atom. The second kappa shape index (κ2) is 4.03. The van der Waals surface area contributed by atoms with Crippen LogP contribution in [0.4, 0.5) is 0 Å². The van der Waals surface area contributed by atoms with Crippen molar-refractivity contribution >= 4 is 33.2 Å². The van der Waals surface area contributed by atoms with Crippen LogP contribution < -0.4 is 0 Å². The number of halogens is 1. The van der Waals surface area contributed by atoms with Gasteiger partial charge in [0.2, 0.25) is 5.91 Å². The van der Waals surface area contributed by atoms with Crippen LogP contribution in [-0.2, 0) is 11.3 Å². The molecule has 0 saturated carbocycles. The van der Waals surface area contributed by atoms with Crippen LogP contribution in [0.5, 0.6) is 0 Å². The average molecular weight is 274 g/mol. The molecule has 1 aromatic rings. The van der Waals surface area contributed by atoms with Crippen molar-refractivity contribution in [3.8, 4) is 0 Å². The van der Waals surface area contributed by atoms with Crippen molar-refractivity contribution < 1.29 is 4.79 Å². The number of rotatable bonds is 2. The zero-order valence-corrected chi connectivity index (χ0v) is 10.4. The molecule has 0 aliphatic carbocycles. The molecule has 0 N–H and O–H groups in total. The number of aryl methyl sites for hydroxylation is 1. The summed E-state index contributed by atoms with van der Waals surface area (Å²) in [6, 6.07) is 2.11. The van der Waals surface area contributed by atoms with E-state index in [1.54, 1.807) is 11.3 Å². The Kier molecular flexibility index (Phi) is 2.93. The lowest BCUT2D eigenvalue weighted by molar-refractivity contribution is -0.128. The topological polar surface area (TPSA) is 20.3 Å². The van der Waals surface area contributed by atoms with Gasteiger partial charge >= 0.3 is 0 Å². The number of hydrogen-bond acceptors (Lipinski definition) is 2. The number of likely N-dealkylation sites (tertiary alicyclic amines) is 1. The van der Waals surface area contributed by atoms with Crippen molar-refractivity contribution in [1.29, 1.82) is 0 Å². The maximum absolute atomic E-state index is 11.4. The highest BCUT2D eigenvalue weighted by atomic mass is 79.9. The maximum Gasteiger partial charge on any atom is 0.222 e. The molecule has 0 radical (unpaired) electrons. The fourth-order valence-corrected chi connectivity index (χ4v) is 3.52. The van der Waals surface area contributed by atoms with Gasteiger partial charge in [0, 0.05) is 17.8 Å². The molecule has 2 nitrogen and oxygen atoms in total. The summed E-state index contributed by atoms with van der Waals surface area (Å²) in [5.74, 6) is 0.300. The number of thiophene rings is 1. The van der Waals surface area contributed by atoms with Gasteiger partial charge < -0.3 is 4.90 Å².